The topological polar surface area (TPSA) is 146 Å². The van der Waals surface area contributed by atoms with Gasteiger partial charge in [-0.15, -0.1) is 0 Å². The number of carbonyl (C=O) groups excluding carboxylic acids is 2. The summed E-state index contributed by atoms with van der Waals surface area (Å²) < 4.78 is 18.1. The molecule has 5 N–H and O–H groups in total. The molecule has 0 bridgehead atoms. The molecule has 0 fully saturated rings. The second-order valence-electron chi connectivity index (χ2n) is 5.78. The third-order valence-electron chi connectivity index (χ3n) is 3.37. The number of anilines is 2. The van der Waals surface area contributed by atoms with Gasteiger partial charge in [-0.05, 0) is 30.2 Å². The van der Waals surface area contributed by atoms with Crippen molar-refractivity contribution in [3.05, 3.63) is 41.5 Å². The second kappa shape index (κ2) is 8.19. The van der Waals surface area contributed by atoms with Crippen LogP contribution in [0.4, 0.5) is 16.3 Å². The monoisotopic (exact) mass is 362 g/mol. The fourth-order valence-corrected chi connectivity index (χ4v) is 2.07. The highest BCUT2D eigenvalue weighted by molar-refractivity contribution is 5.96. The molecule has 2 aromatic rings. The zero-order chi connectivity index (χ0) is 19.3. The number of ether oxygens (including phenoxy) is 1. The minimum Gasteiger partial charge on any atom is -0.456 e. The second-order valence-corrected chi connectivity index (χ2v) is 5.78. The zero-order valence-corrected chi connectivity index (χ0v) is 14.3. The molecule has 0 spiro atoms. The Morgan fingerprint density at radius 1 is 1.12 bits per heavy atom. The van der Waals surface area contributed by atoms with E-state index in [1.54, 1.807) is 13.8 Å². The van der Waals surface area contributed by atoms with Crippen molar-refractivity contribution in [3.63, 3.8) is 0 Å². The number of amides is 1. The SMILES string of the molecule is CC(C)[C@H](NC(=O)c1ccc(F)cc1)C(=O)OCc1nc(N)nc(N)n1. The molecule has 0 saturated heterocycles. The Morgan fingerprint density at radius 2 is 1.69 bits per heavy atom. The predicted octanol–water partition coefficient (Wildman–Crippen LogP) is 0.673. The fourth-order valence-electron chi connectivity index (χ4n) is 2.07. The Hall–Kier alpha value is -3.30. The number of carbonyl (C=O) groups is 2. The lowest BCUT2D eigenvalue weighted by Gasteiger charge is -2.20. The number of nitrogens with one attached hydrogen (secondary N) is 1. The average molecular weight is 362 g/mol. The van der Waals surface area contributed by atoms with Crippen LogP contribution in [0.3, 0.4) is 0 Å². The van der Waals surface area contributed by atoms with Crippen LogP contribution in [0.15, 0.2) is 24.3 Å². The van der Waals surface area contributed by atoms with Crippen LogP contribution >= 0.6 is 0 Å². The molecule has 9 nitrogen and oxygen atoms in total. The summed E-state index contributed by atoms with van der Waals surface area (Å²) in [6.45, 7) is 3.22. The van der Waals surface area contributed by atoms with E-state index in [1.807, 2.05) is 0 Å². The van der Waals surface area contributed by atoms with Gasteiger partial charge in [0.05, 0.1) is 0 Å². The summed E-state index contributed by atoms with van der Waals surface area (Å²) in [4.78, 5) is 35.8. The van der Waals surface area contributed by atoms with Gasteiger partial charge in [0.25, 0.3) is 5.91 Å². The van der Waals surface area contributed by atoms with Crippen molar-refractivity contribution in [1.82, 2.24) is 20.3 Å². The Kier molecular flexibility index (Phi) is 5.99. The van der Waals surface area contributed by atoms with E-state index in [0.29, 0.717) is 0 Å². The van der Waals surface area contributed by atoms with Gasteiger partial charge in [-0.3, -0.25) is 4.79 Å². The van der Waals surface area contributed by atoms with Gasteiger partial charge in [0.1, 0.15) is 11.9 Å². The number of nitrogens with zero attached hydrogens (tertiary/aromatic N) is 3. The van der Waals surface area contributed by atoms with Gasteiger partial charge in [0.15, 0.2) is 12.4 Å². The molecular formula is C16H19FN6O3. The number of hydrogen-bond acceptors (Lipinski definition) is 8. The van der Waals surface area contributed by atoms with Crippen LogP contribution in [0.5, 0.6) is 0 Å². The van der Waals surface area contributed by atoms with Crippen LogP contribution in [-0.4, -0.2) is 32.9 Å². The number of hydrogen-bond donors (Lipinski definition) is 3. The van der Waals surface area contributed by atoms with Gasteiger partial charge < -0.3 is 21.5 Å². The van der Waals surface area contributed by atoms with E-state index >= 15 is 0 Å². The largest absolute Gasteiger partial charge is 0.456 e. The van der Waals surface area contributed by atoms with Crippen LogP contribution in [-0.2, 0) is 16.1 Å². The van der Waals surface area contributed by atoms with E-state index in [2.05, 4.69) is 20.3 Å². The predicted molar refractivity (Wildman–Crippen MR) is 90.9 cm³/mol. The van der Waals surface area contributed by atoms with E-state index in [1.165, 1.54) is 12.1 Å². The van der Waals surface area contributed by atoms with Gasteiger partial charge >= 0.3 is 5.97 Å². The number of esters is 1. The molecule has 0 aliphatic carbocycles. The molecule has 1 heterocycles. The molecule has 1 amide bonds. The molecule has 0 unspecified atom stereocenters. The Labute approximate surface area is 149 Å². The Balaban J connectivity index is 2.02. The molecular weight excluding hydrogens is 343 g/mol. The summed E-state index contributed by atoms with van der Waals surface area (Å²) in [7, 11) is 0. The first-order valence-electron chi connectivity index (χ1n) is 7.75. The van der Waals surface area contributed by atoms with Crippen molar-refractivity contribution in [2.24, 2.45) is 5.92 Å². The summed E-state index contributed by atoms with van der Waals surface area (Å²) >= 11 is 0. The lowest BCUT2D eigenvalue weighted by molar-refractivity contribution is -0.148. The molecule has 10 heteroatoms. The van der Waals surface area contributed by atoms with Gasteiger partial charge in [-0.1, -0.05) is 13.8 Å². The maximum atomic E-state index is 12.9. The smallest absolute Gasteiger partial charge is 0.329 e. The average Bonchev–Trinajstić information content (AvgIpc) is 2.57. The Bertz CT molecular complexity index is 777. The number of rotatable bonds is 6. The molecule has 0 saturated carbocycles. The Morgan fingerprint density at radius 3 is 2.23 bits per heavy atom. The molecule has 2 rings (SSSR count). The van der Waals surface area contributed by atoms with Gasteiger partial charge in [0.2, 0.25) is 11.9 Å². The minimum absolute atomic E-state index is 0.0893. The van der Waals surface area contributed by atoms with Crippen LogP contribution in [0.25, 0.3) is 0 Å². The van der Waals surface area contributed by atoms with Crippen molar-refractivity contribution in [2.75, 3.05) is 11.5 Å². The highest BCUT2D eigenvalue weighted by Gasteiger charge is 2.26. The normalized spacial score (nSPS) is 11.8. The van der Waals surface area contributed by atoms with Gasteiger partial charge in [-0.25, -0.2) is 9.18 Å². The lowest BCUT2D eigenvalue weighted by atomic mass is 10.0. The first-order valence-corrected chi connectivity index (χ1v) is 7.75. The number of nitrogen functional groups attached to an aromatic ring is 2. The molecule has 138 valence electrons. The number of halogens is 1. The highest BCUT2D eigenvalue weighted by atomic mass is 19.1. The lowest BCUT2D eigenvalue weighted by Crippen LogP contribution is -2.45. The first-order chi connectivity index (χ1) is 12.3. The summed E-state index contributed by atoms with van der Waals surface area (Å²) in [5, 5.41) is 2.57. The number of aromatic nitrogens is 3. The van der Waals surface area contributed by atoms with Crippen molar-refractivity contribution < 1.29 is 18.7 Å². The summed E-state index contributed by atoms with van der Waals surface area (Å²) in [6.07, 6.45) is 0. The minimum atomic E-state index is -0.913. The van der Waals surface area contributed by atoms with Crippen molar-refractivity contribution in [3.8, 4) is 0 Å². The van der Waals surface area contributed by atoms with Gasteiger partial charge in [-0.2, -0.15) is 15.0 Å². The van der Waals surface area contributed by atoms with E-state index in [9.17, 15) is 14.0 Å². The summed E-state index contributed by atoms with van der Waals surface area (Å²) in [5.74, 6) is -1.99. The van der Waals surface area contributed by atoms with Crippen LogP contribution < -0.4 is 16.8 Å². The van der Waals surface area contributed by atoms with Crippen LogP contribution in [0, 0.1) is 11.7 Å². The zero-order valence-electron chi connectivity index (χ0n) is 14.3. The highest BCUT2D eigenvalue weighted by Crippen LogP contribution is 2.09. The van der Waals surface area contributed by atoms with Crippen molar-refractivity contribution in [1.29, 1.82) is 0 Å². The van der Waals surface area contributed by atoms with Crippen molar-refractivity contribution >= 4 is 23.8 Å². The van der Waals surface area contributed by atoms with E-state index in [-0.39, 0.29) is 35.8 Å². The summed E-state index contributed by atoms with van der Waals surface area (Å²) in [5.41, 5.74) is 11.1. The molecule has 0 aliphatic rings. The summed E-state index contributed by atoms with van der Waals surface area (Å²) in [6, 6.07) is 4.05. The third-order valence-corrected chi connectivity index (χ3v) is 3.37. The maximum absolute atomic E-state index is 12.9. The maximum Gasteiger partial charge on any atom is 0.329 e. The van der Waals surface area contributed by atoms with Crippen LogP contribution in [0.2, 0.25) is 0 Å². The molecule has 0 aliphatic heterocycles. The number of nitrogens with two attached hydrogens (primary N) is 2. The molecule has 1 atom stereocenters. The molecule has 1 aromatic carbocycles. The molecule has 0 radical (unpaired) electrons. The third kappa shape index (κ3) is 5.10. The van der Waals surface area contributed by atoms with E-state index < -0.39 is 23.7 Å². The first kappa shape index (κ1) is 19.0. The molecule has 1 aromatic heterocycles. The van der Waals surface area contributed by atoms with Crippen molar-refractivity contribution in [2.45, 2.75) is 26.5 Å². The van der Waals surface area contributed by atoms with E-state index in [4.69, 9.17) is 16.2 Å². The number of benzene rings is 1. The standard InChI is InChI=1S/C16H19FN6O3/c1-8(2)12(22-13(24)9-3-5-10(17)6-4-9)14(25)26-7-11-20-15(18)23-16(19)21-11/h3-6,8,12H,7H2,1-2H3,(H,22,24)(H4,18,19,20,21,23)/t12-/m0/s1. The fraction of sp³-hybridized carbons (Fsp3) is 0.312. The quantitative estimate of drug-likeness (QED) is 0.636. The molecule has 26 heavy (non-hydrogen) atoms. The van der Waals surface area contributed by atoms with E-state index in [0.717, 1.165) is 12.1 Å². The van der Waals surface area contributed by atoms with Gasteiger partial charge in [0, 0.05) is 5.56 Å². The van der Waals surface area contributed by atoms with Crippen LogP contribution in [0.1, 0.15) is 30.0 Å².